The van der Waals surface area contributed by atoms with Crippen molar-refractivity contribution in [1.82, 2.24) is 14.9 Å². The Balaban J connectivity index is 2.27. The minimum absolute atomic E-state index is 0.895. The lowest BCUT2D eigenvalue weighted by Crippen LogP contribution is -2.16. The lowest BCUT2D eigenvalue weighted by atomic mass is 10.2. The fourth-order valence-corrected chi connectivity index (χ4v) is 1.75. The topological polar surface area (TPSA) is 53.1 Å². The van der Waals surface area contributed by atoms with Gasteiger partial charge in [-0.1, -0.05) is 19.8 Å². The van der Waals surface area contributed by atoms with Gasteiger partial charge in [-0.25, -0.2) is 9.97 Å². The van der Waals surface area contributed by atoms with Crippen molar-refractivity contribution in [3.63, 3.8) is 0 Å². The lowest BCUT2D eigenvalue weighted by Gasteiger charge is -2.11. The van der Waals surface area contributed by atoms with Crippen molar-refractivity contribution in [3.8, 4) is 0 Å². The van der Waals surface area contributed by atoms with Crippen molar-refractivity contribution in [2.24, 2.45) is 0 Å². The number of hydrogen-bond acceptors (Lipinski definition) is 5. The minimum Gasteiger partial charge on any atom is -0.370 e. The predicted octanol–water partition coefficient (Wildman–Crippen LogP) is 2.44. The van der Waals surface area contributed by atoms with E-state index in [0.29, 0.717) is 0 Å². The molecule has 0 aliphatic rings. The second-order valence-electron chi connectivity index (χ2n) is 5.01. The SMILES string of the molecule is CCCCCNc1cc(NCCCN(C)C)ncn1. The number of aromatic nitrogens is 2. The van der Waals surface area contributed by atoms with Gasteiger partial charge in [0.2, 0.25) is 0 Å². The summed E-state index contributed by atoms with van der Waals surface area (Å²) >= 11 is 0. The van der Waals surface area contributed by atoms with Crippen LogP contribution in [0.5, 0.6) is 0 Å². The molecule has 1 heterocycles. The van der Waals surface area contributed by atoms with Crippen LogP contribution in [0.4, 0.5) is 11.6 Å². The standard InChI is InChI=1S/C14H27N5/c1-4-5-6-8-15-13-11-14(18-12-17-13)16-9-7-10-19(2)3/h11-12H,4-10H2,1-3H3,(H2,15,16,17,18). The summed E-state index contributed by atoms with van der Waals surface area (Å²) < 4.78 is 0. The quantitative estimate of drug-likeness (QED) is 0.636. The highest BCUT2D eigenvalue weighted by atomic mass is 15.1. The molecule has 2 N–H and O–H groups in total. The molecule has 0 amide bonds. The summed E-state index contributed by atoms with van der Waals surface area (Å²) in [6.45, 7) is 5.20. The summed E-state index contributed by atoms with van der Waals surface area (Å²) in [5.74, 6) is 1.80. The molecule has 0 atom stereocenters. The van der Waals surface area contributed by atoms with Crippen LogP contribution in [-0.2, 0) is 0 Å². The summed E-state index contributed by atoms with van der Waals surface area (Å²) in [7, 11) is 4.17. The van der Waals surface area contributed by atoms with Crippen LogP contribution in [0.25, 0.3) is 0 Å². The van der Waals surface area contributed by atoms with E-state index in [9.17, 15) is 0 Å². The molecule has 0 unspecified atom stereocenters. The third-order valence-corrected chi connectivity index (χ3v) is 2.84. The Morgan fingerprint density at radius 3 is 2.21 bits per heavy atom. The monoisotopic (exact) mass is 265 g/mol. The van der Waals surface area contributed by atoms with E-state index in [4.69, 9.17) is 0 Å². The first-order valence-corrected chi connectivity index (χ1v) is 7.17. The predicted molar refractivity (Wildman–Crippen MR) is 81.7 cm³/mol. The number of rotatable bonds is 10. The Morgan fingerprint density at radius 2 is 1.63 bits per heavy atom. The third-order valence-electron chi connectivity index (χ3n) is 2.84. The largest absolute Gasteiger partial charge is 0.370 e. The molecule has 0 saturated heterocycles. The zero-order valence-electron chi connectivity index (χ0n) is 12.4. The van der Waals surface area contributed by atoms with Gasteiger partial charge in [-0.2, -0.15) is 0 Å². The molecular weight excluding hydrogens is 238 g/mol. The van der Waals surface area contributed by atoms with E-state index in [2.05, 4.69) is 46.5 Å². The molecule has 0 saturated carbocycles. The van der Waals surface area contributed by atoms with E-state index in [-0.39, 0.29) is 0 Å². The molecule has 0 bridgehead atoms. The third kappa shape index (κ3) is 7.62. The van der Waals surface area contributed by atoms with E-state index in [1.54, 1.807) is 6.33 Å². The Bertz CT molecular complexity index is 340. The first kappa shape index (κ1) is 15.7. The fourth-order valence-electron chi connectivity index (χ4n) is 1.75. The summed E-state index contributed by atoms with van der Waals surface area (Å²) in [5, 5.41) is 6.65. The van der Waals surface area contributed by atoms with Crippen molar-refractivity contribution < 1.29 is 0 Å². The van der Waals surface area contributed by atoms with Gasteiger partial charge in [-0.15, -0.1) is 0 Å². The van der Waals surface area contributed by atoms with Crippen molar-refractivity contribution in [3.05, 3.63) is 12.4 Å². The Kier molecular flexibility index (Phi) is 7.89. The van der Waals surface area contributed by atoms with E-state index in [1.807, 2.05) is 6.07 Å². The molecule has 19 heavy (non-hydrogen) atoms. The smallest absolute Gasteiger partial charge is 0.131 e. The molecule has 0 fully saturated rings. The van der Waals surface area contributed by atoms with Crippen LogP contribution in [0.15, 0.2) is 12.4 Å². The highest BCUT2D eigenvalue weighted by Crippen LogP contribution is 2.08. The highest BCUT2D eigenvalue weighted by molar-refractivity contribution is 5.46. The number of nitrogens with zero attached hydrogens (tertiary/aromatic N) is 3. The van der Waals surface area contributed by atoms with E-state index < -0.39 is 0 Å². The molecular formula is C14H27N5. The van der Waals surface area contributed by atoms with E-state index in [1.165, 1.54) is 19.3 Å². The zero-order chi connectivity index (χ0) is 13.9. The minimum atomic E-state index is 0.895. The molecule has 1 aromatic rings. The Morgan fingerprint density at radius 1 is 1.00 bits per heavy atom. The summed E-state index contributed by atoms with van der Waals surface area (Å²) in [6, 6.07) is 1.97. The maximum Gasteiger partial charge on any atom is 0.131 e. The van der Waals surface area contributed by atoms with Crippen LogP contribution < -0.4 is 10.6 Å². The maximum absolute atomic E-state index is 4.22. The maximum atomic E-state index is 4.22. The normalized spacial score (nSPS) is 10.7. The molecule has 0 radical (unpaired) electrons. The number of unbranched alkanes of at least 4 members (excludes halogenated alkanes) is 2. The molecule has 0 aliphatic heterocycles. The molecule has 5 heteroatoms. The number of hydrogen-bond donors (Lipinski definition) is 2. The van der Waals surface area contributed by atoms with Crippen LogP contribution >= 0.6 is 0 Å². The number of nitrogens with one attached hydrogen (secondary N) is 2. The van der Waals surface area contributed by atoms with Gasteiger partial charge in [-0.05, 0) is 33.5 Å². The van der Waals surface area contributed by atoms with Crippen molar-refractivity contribution >= 4 is 11.6 Å². The summed E-state index contributed by atoms with van der Waals surface area (Å²) in [4.78, 5) is 10.6. The Hall–Kier alpha value is -1.36. The first-order valence-electron chi connectivity index (χ1n) is 7.17. The molecule has 5 nitrogen and oxygen atoms in total. The first-order chi connectivity index (χ1) is 9.22. The second-order valence-corrected chi connectivity index (χ2v) is 5.01. The van der Waals surface area contributed by atoms with Crippen molar-refractivity contribution in [1.29, 1.82) is 0 Å². The molecule has 0 spiro atoms. The van der Waals surface area contributed by atoms with Crippen LogP contribution in [-0.4, -0.2) is 48.6 Å². The Labute approximate surface area is 116 Å². The van der Waals surface area contributed by atoms with Gasteiger partial charge in [0.25, 0.3) is 0 Å². The zero-order valence-corrected chi connectivity index (χ0v) is 12.4. The van der Waals surface area contributed by atoms with Gasteiger partial charge < -0.3 is 15.5 Å². The lowest BCUT2D eigenvalue weighted by molar-refractivity contribution is 0.405. The van der Waals surface area contributed by atoms with Crippen molar-refractivity contribution in [2.75, 3.05) is 44.4 Å². The molecule has 108 valence electrons. The summed E-state index contributed by atoms with van der Waals surface area (Å²) in [6.07, 6.45) is 6.40. The van der Waals surface area contributed by atoms with Gasteiger partial charge >= 0.3 is 0 Å². The molecule has 1 rings (SSSR count). The summed E-state index contributed by atoms with van der Waals surface area (Å²) in [5.41, 5.74) is 0. The van der Waals surface area contributed by atoms with Crippen LogP contribution in [0.3, 0.4) is 0 Å². The van der Waals surface area contributed by atoms with Gasteiger partial charge in [0.05, 0.1) is 0 Å². The van der Waals surface area contributed by atoms with E-state index in [0.717, 1.165) is 37.7 Å². The van der Waals surface area contributed by atoms with Crippen LogP contribution in [0, 0.1) is 0 Å². The molecule has 0 aliphatic carbocycles. The fraction of sp³-hybridized carbons (Fsp3) is 0.714. The second kappa shape index (κ2) is 9.55. The van der Waals surface area contributed by atoms with Gasteiger partial charge in [0.1, 0.15) is 18.0 Å². The average Bonchev–Trinajstić information content (AvgIpc) is 2.40. The number of anilines is 2. The molecule has 0 aromatic carbocycles. The van der Waals surface area contributed by atoms with Crippen LogP contribution in [0.1, 0.15) is 32.6 Å². The highest BCUT2D eigenvalue weighted by Gasteiger charge is 1.98. The van der Waals surface area contributed by atoms with Crippen LogP contribution in [0.2, 0.25) is 0 Å². The van der Waals surface area contributed by atoms with Gasteiger partial charge in [0.15, 0.2) is 0 Å². The average molecular weight is 265 g/mol. The van der Waals surface area contributed by atoms with Crippen molar-refractivity contribution in [2.45, 2.75) is 32.6 Å². The van der Waals surface area contributed by atoms with Gasteiger partial charge in [0, 0.05) is 19.2 Å². The van der Waals surface area contributed by atoms with Gasteiger partial charge in [-0.3, -0.25) is 0 Å². The molecule has 1 aromatic heterocycles. The van der Waals surface area contributed by atoms with E-state index >= 15 is 0 Å².